The van der Waals surface area contributed by atoms with Gasteiger partial charge >= 0.3 is 0 Å². The van der Waals surface area contributed by atoms with E-state index < -0.39 is 0 Å². The van der Waals surface area contributed by atoms with Crippen molar-refractivity contribution in [1.82, 2.24) is 4.98 Å². The number of rotatable bonds is 2. The minimum absolute atomic E-state index is 0.284. The molecule has 0 radical (unpaired) electrons. The molecule has 0 saturated carbocycles. The summed E-state index contributed by atoms with van der Waals surface area (Å²) in [7, 11) is 1.89. The molecule has 0 unspecified atom stereocenters. The van der Waals surface area contributed by atoms with Gasteiger partial charge in [-0.05, 0) is 40.4 Å². The first-order valence-corrected chi connectivity index (χ1v) is 6.72. The highest BCUT2D eigenvalue weighted by molar-refractivity contribution is 9.10. The van der Waals surface area contributed by atoms with Gasteiger partial charge in [-0.15, -0.1) is 0 Å². The summed E-state index contributed by atoms with van der Waals surface area (Å²) in [5.41, 5.74) is 3.85. The van der Waals surface area contributed by atoms with Gasteiger partial charge in [0, 0.05) is 29.9 Å². The van der Waals surface area contributed by atoms with Gasteiger partial charge in [-0.1, -0.05) is 13.8 Å². The van der Waals surface area contributed by atoms with Crippen molar-refractivity contribution in [3.8, 4) is 0 Å². The van der Waals surface area contributed by atoms with E-state index in [1.54, 1.807) is 6.07 Å². The summed E-state index contributed by atoms with van der Waals surface area (Å²) in [6.07, 6.45) is 0. The highest BCUT2D eigenvalue weighted by Gasteiger charge is 2.16. The van der Waals surface area contributed by atoms with E-state index in [4.69, 9.17) is 0 Å². The number of halogens is 2. The number of nitrogens with zero attached hydrogens (tertiary/aromatic N) is 1. The second-order valence-corrected chi connectivity index (χ2v) is 5.53. The van der Waals surface area contributed by atoms with Crippen molar-refractivity contribution in [3.05, 3.63) is 33.7 Å². The number of anilines is 1. The third-order valence-corrected chi connectivity index (χ3v) is 3.69. The average Bonchev–Trinajstić information content (AvgIpc) is 2.29. The highest BCUT2D eigenvalue weighted by Crippen LogP contribution is 2.35. The molecule has 0 saturated heterocycles. The summed E-state index contributed by atoms with van der Waals surface area (Å²) in [6, 6.07) is 3.26. The van der Waals surface area contributed by atoms with E-state index >= 15 is 0 Å². The van der Waals surface area contributed by atoms with E-state index in [0.29, 0.717) is 15.9 Å². The van der Waals surface area contributed by atoms with Crippen molar-refractivity contribution in [2.45, 2.75) is 26.7 Å². The molecule has 4 heteroatoms. The second-order valence-electron chi connectivity index (χ2n) is 4.67. The van der Waals surface area contributed by atoms with Crippen LogP contribution in [-0.2, 0) is 0 Å². The Morgan fingerprint density at radius 3 is 2.56 bits per heavy atom. The number of hydrogen-bond acceptors (Lipinski definition) is 2. The fourth-order valence-corrected chi connectivity index (χ4v) is 2.72. The van der Waals surface area contributed by atoms with Crippen molar-refractivity contribution < 1.29 is 4.39 Å². The van der Waals surface area contributed by atoms with Crippen LogP contribution in [0, 0.1) is 12.7 Å². The minimum Gasteiger partial charge on any atom is -0.387 e. The molecule has 2 aromatic rings. The number of fused-ring (bicyclic) bond motifs is 1. The molecule has 18 heavy (non-hydrogen) atoms. The van der Waals surface area contributed by atoms with Crippen LogP contribution in [0.1, 0.15) is 31.0 Å². The summed E-state index contributed by atoms with van der Waals surface area (Å²) >= 11 is 3.23. The van der Waals surface area contributed by atoms with Crippen LogP contribution in [0.15, 0.2) is 16.6 Å². The van der Waals surface area contributed by atoms with Gasteiger partial charge in [0.2, 0.25) is 0 Å². The lowest BCUT2D eigenvalue weighted by Crippen LogP contribution is -2.04. The smallest absolute Gasteiger partial charge is 0.139 e. The number of benzene rings is 1. The average molecular weight is 311 g/mol. The van der Waals surface area contributed by atoms with Crippen molar-refractivity contribution >= 4 is 32.5 Å². The van der Waals surface area contributed by atoms with Crippen LogP contribution in [0.3, 0.4) is 0 Å². The van der Waals surface area contributed by atoms with Crippen molar-refractivity contribution in [3.63, 3.8) is 0 Å². The van der Waals surface area contributed by atoms with Crippen LogP contribution >= 0.6 is 15.9 Å². The summed E-state index contributed by atoms with van der Waals surface area (Å²) in [5.74, 6) is 0.0851. The molecule has 0 aliphatic heterocycles. The van der Waals surface area contributed by atoms with Gasteiger partial charge in [-0.2, -0.15) is 0 Å². The zero-order valence-corrected chi connectivity index (χ0v) is 12.5. The standard InChI is InChI=1S/C14H16BrFN2/c1-7(2)13-8(3)18-12-6-11(16)10(15)5-9(12)14(13)17-4/h5-7H,1-4H3,(H,17,18). The van der Waals surface area contributed by atoms with Gasteiger partial charge in [0.15, 0.2) is 0 Å². The van der Waals surface area contributed by atoms with Crippen molar-refractivity contribution in [2.24, 2.45) is 0 Å². The van der Waals surface area contributed by atoms with Gasteiger partial charge in [0.1, 0.15) is 5.82 Å². The van der Waals surface area contributed by atoms with Crippen LogP contribution < -0.4 is 5.32 Å². The molecular formula is C14H16BrFN2. The monoisotopic (exact) mass is 310 g/mol. The number of hydrogen-bond donors (Lipinski definition) is 1. The Balaban J connectivity index is 2.89. The van der Waals surface area contributed by atoms with Crippen molar-refractivity contribution in [2.75, 3.05) is 12.4 Å². The zero-order chi connectivity index (χ0) is 13.4. The number of nitrogens with one attached hydrogen (secondary N) is 1. The fourth-order valence-electron chi connectivity index (χ4n) is 2.37. The lowest BCUT2D eigenvalue weighted by atomic mass is 9.97. The first-order chi connectivity index (χ1) is 8.45. The van der Waals surface area contributed by atoms with Crippen LogP contribution in [0.5, 0.6) is 0 Å². The summed E-state index contributed by atoms with van der Waals surface area (Å²) in [5, 5.41) is 4.17. The molecular weight excluding hydrogens is 295 g/mol. The predicted octanol–water partition coefficient (Wildman–Crippen LogP) is 4.61. The van der Waals surface area contributed by atoms with Crippen molar-refractivity contribution in [1.29, 1.82) is 0 Å². The molecule has 2 rings (SSSR count). The molecule has 0 spiro atoms. The maximum atomic E-state index is 13.6. The Morgan fingerprint density at radius 2 is 2.00 bits per heavy atom. The Labute approximate surface area is 115 Å². The first-order valence-electron chi connectivity index (χ1n) is 5.92. The molecule has 1 aromatic heterocycles. The molecule has 0 aliphatic carbocycles. The normalized spacial score (nSPS) is 11.3. The highest BCUT2D eigenvalue weighted by atomic mass is 79.9. The molecule has 0 atom stereocenters. The Hall–Kier alpha value is -1.16. The summed E-state index contributed by atoms with van der Waals surface area (Å²) in [6.45, 7) is 6.24. The zero-order valence-electron chi connectivity index (χ0n) is 10.9. The second kappa shape index (κ2) is 4.84. The molecule has 1 aromatic carbocycles. The third kappa shape index (κ3) is 2.09. The van der Waals surface area contributed by atoms with Crippen LogP contribution in [0.25, 0.3) is 10.9 Å². The predicted molar refractivity (Wildman–Crippen MR) is 77.8 cm³/mol. The topological polar surface area (TPSA) is 24.9 Å². The van der Waals surface area contributed by atoms with Crippen LogP contribution in [0.4, 0.5) is 10.1 Å². The third-order valence-electron chi connectivity index (χ3n) is 3.08. The molecule has 0 aliphatic rings. The number of aryl methyl sites for hydroxylation is 1. The van der Waals surface area contributed by atoms with Gasteiger partial charge in [0.05, 0.1) is 9.99 Å². The molecule has 2 nitrogen and oxygen atoms in total. The van der Waals surface area contributed by atoms with E-state index in [0.717, 1.165) is 16.8 Å². The largest absolute Gasteiger partial charge is 0.387 e. The van der Waals surface area contributed by atoms with E-state index in [1.807, 2.05) is 14.0 Å². The summed E-state index contributed by atoms with van der Waals surface area (Å²) in [4.78, 5) is 4.51. The van der Waals surface area contributed by atoms with E-state index in [1.165, 1.54) is 11.6 Å². The SMILES string of the molecule is CNc1c(C(C)C)c(C)nc2cc(F)c(Br)cc12. The van der Waals surface area contributed by atoms with Gasteiger partial charge in [-0.25, -0.2) is 4.39 Å². The van der Waals surface area contributed by atoms with E-state index in [-0.39, 0.29) is 5.82 Å². The maximum absolute atomic E-state index is 13.6. The lowest BCUT2D eigenvalue weighted by Gasteiger charge is -2.18. The van der Waals surface area contributed by atoms with Gasteiger partial charge < -0.3 is 5.32 Å². The number of pyridine rings is 1. The van der Waals surface area contributed by atoms with Gasteiger partial charge in [0.25, 0.3) is 0 Å². The first kappa shape index (κ1) is 13.3. The molecule has 0 amide bonds. The van der Waals surface area contributed by atoms with Gasteiger partial charge in [-0.3, -0.25) is 4.98 Å². The van der Waals surface area contributed by atoms with Crippen LogP contribution in [-0.4, -0.2) is 12.0 Å². The molecule has 96 valence electrons. The number of aromatic nitrogens is 1. The Kier molecular flexibility index (Phi) is 3.57. The van der Waals surface area contributed by atoms with E-state index in [2.05, 4.69) is 40.1 Å². The quantitative estimate of drug-likeness (QED) is 0.876. The Bertz CT molecular complexity index is 609. The maximum Gasteiger partial charge on any atom is 0.139 e. The molecule has 1 heterocycles. The molecule has 1 N–H and O–H groups in total. The molecule has 0 fully saturated rings. The van der Waals surface area contributed by atoms with E-state index in [9.17, 15) is 4.39 Å². The molecule has 0 bridgehead atoms. The minimum atomic E-state index is -0.284. The van der Waals surface area contributed by atoms with Crippen LogP contribution in [0.2, 0.25) is 0 Å². The summed E-state index contributed by atoms with van der Waals surface area (Å²) < 4.78 is 14.0. The Morgan fingerprint density at radius 1 is 1.33 bits per heavy atom. The lowest BCUT2D eigenvalue weighted by molar-refractivity contribution is 0.622. The fraction of sp³-hybridized carbons (Fsp3) is 0.357.